The number of rotatable bonds is 3. The van der Waals surface area contributed by atoms with Crippen molar-refractivity contribution in [2.45, 2.75) is 59.0 Å². The van der Waals surface area contributed by atoms with E-state index in [0.717, 1.165) is 6.42 Å². The summed E-state index contributed by atoms with van der Waals surface area (Å²) in [5.41, 5.74) is 5.82. The molecule has 0 saturated carbocycles. The van der Waals surface area contributed by atoms with Crippen molar-refractivity contribution in [3.63, 3.8) is 0 Å². The molecule has 14 heavy (non-hydrogen) atoms. The third-order valence-electron chi connectivity index (χ3n) is 2.18. The molecule has 3 heteroatoms. The van der Waals surface area contributed by atoms with Gasteiger partial charge in [0.1, 0.15) is 0 Å². The lowest BCUT2D eigenvalue weighted by atomic mass is 10.1. The predicted octanol–water partition coefficient (Wildman–Crippen LogP) is 2.22. The first-order valence-electron chi connectivity index (χ1n) is 5.36. The van der Waals surface area contributed by atoms with Crippen LogP contribution in [0.15, 0.2) is 4.99 Å². The van der Waals surface area contributed by atoms with Gasteiger partial charge in [0.15, 0.2) is 5.96 Å². The van der Waals surface area contributed by atoms with Crippen LogP contribution >= 0.6 is 0 Å². The highest BCUT2D eigenvalue weighted by Crippen LogP contribution is 2.09. The maximum absolute atomic E-state index is 5.91. The molecule has 0 heterocycles. The van der Waals surface area contributed by atoms with Gasteiger partial charge in [-0.1, -0.05) is 13.3 Å². The van der Waals surface area contributed by atoms with Crippen LogP contribution in [-0.2, 0) is 0 Å². The molecule has 0 spiro atoms. The Kier molecular flexibility index (Phi) is 4.95. The Labute approximate surface area is 88.4 Å². The maximum Gasteiger partial charge on any atom is 0.191 e. The monoisotopic (exact) mass is 199 g/mol. The molecule has 0 aromatic carbocycles. The highest BCUT2D eigenvalue weighted by molar-refractivity contribution is 5.78. The third kappa shape index (κ3) is 5.10. The largest absolute Gasteiger partial charge is 0.370 e. The van der Waals surface area contributed by atoms with Gasteiger partial charge in [-0.25, -0.2) is 4.99 Å². The Hall–Kier alpha value is -0.730. The second kappa shape index (κ2) is 5.23. The van der Waals surface area contributed by atoms with Gasteiger partial charge < -0.3 is 10.6 Å². The second-order valence-electron chi connectivity index (χ2n) is 4.89. The number of nitrogens with two attached hydrogens (primary N) is 1. The Morgan fingerprint density at radius 1 is 1.43 bits per heavy atom. The van der Waals surface area contributed by atoms with Gasteiger partial charge in [0.05, 0.1) is 5.54 Å². The van der Waals surface area contributed by atoms with E-state index in [-0.39, 0.29) is 5.54 Å². The molecular formula is C11H25N3. The van der Waals surface area contributed by atoms with Crippen molar-refractivity contribution in [3.05, 3.63) is 0 Å². The SMILES string of the molecule is CCCC(C)N(C)C(N)=NC(C)(C)C. The molecule has 0 aromatic heterocycles. The summed E-state index contributed by atoms with van der Waals surface area (Å²) < 4.78 is 0. The Bertz CT molecular complexity index is 191. The van der Waals surface area contributed by atoms with Gasteiger partial charge in [0, 0.05) is 13.1 Å². The average molecular weight is 199 g/mol. The predicted molar refractivity (Wildman–Crippen MR) is 63.5 cm³/mol. The van der Waals surface area contributed by atoms with Crippen LogP contribution in [0.4, 0.5) is 0 Å². The zero-order valence-corrected chi connectivity index (χ0v) is 10.5. The lowest BCUT2D eigenvalue weighted by molar-refractivity contribution is 0.358. The molecule has 84 valence electrons. The van der Waals surface area contributed by atoms with Crippen molar-refractivity contribution in [3.8, 4) is 0 Å². The van der Waals surface area contributed by atoms with Gasteiger partial charge in [0.25, 0.3) is 0 Å². The topological polar surface area (TPSA) is 41.6 Å². The van der Waals surface area contributed by atoms with E-state index in [9.17, 15) is 0 Å². The molecule has 0 saturated heterocycles. The van der Waals surface area contributed by atoms with Crippen LogP contribution in [0.2, 0.25) is 0 Å². The standard InChI is InChI=1S/C11H25N3/c1-7-8-9(2)14(6)10(12)13-11(3,4)5/h9H,7-8H2,1-6H3,(H2,12,13). The van der Waals surface area contributed by atoms with Crippen LogP contribution in [0.5, 0.6) is 0 Å². The fourth-order valence-corrected chi connectivity index (χ4v) is 1.26. The number of nitrogens with zero attached hydrogens (tertiary/aromatic N) is 2. The van der Waals surface area contributed by atoms with E-state index >= 15 is 0 Å². The molecular weight excluding hydrogens is 174 g/mol. The summed E-state index contributed by atoms with van der Waals surface area (Å²) in [6.07, 6.45) is 2.32. The third-order valence-corrected chi connectivity index (χ3v) is 2.18. The Morgan fingerprint density at radius 3 is 2.29 bits per heavy atom. The molecule has 0 aromatic rings. The fourth-order valence-electron chi connectivity index (χ4n) is 1.26. The molecule has 0 aliphatic rings. The molecule has 1 atom stereocenters. The zero-order valence-electron chi connectivity index (χ0n) is 10.5. The summed E-state index contributed by atoms with van der Waals surface area (Å²) in [5.74, 6) is 0.637. The quantitative estimate of drug-likeness (QED) is 0.559. The van der Waals surface area contributed by atoms with Crippen molar-refractivity contribution in [1.82, 2.24) is 4.90 Å². The van der Waals surface area contributed by atoms with Crippen LogP contribution in [0, 0.1) is 0 Å². The summed E-state index contributed by atoms with van der Waals surface area (Å²) in [7, 11) is 2.00. The van der Waals surface area contributed by atoms with E-state index in [4.69, 9.17) is 5.73 Å². The minimum Gasteiger partial charge on any atom is -0.370 e. The first-order valence-corrected chi connectivity index (χ1v) is 5.36. The summed E-state index contributed by atoms with van der Waals surface area (Å²) in [4.78, 5) is 6.48. The summed E-state index contributed by atoms with van der Waals surface area (Å²) in [6.45, 7) is 10.5. The van der Waals surface area contributed by atoms with Crippen molar-refractivity contribution >= 4 is 5.96 Å². The normalized spacial score (nSPS) is 15.4. The van der Waals surface area contributed by atoms with Gasteiger partial charge in [-0.3, -0.25) is 0 Å². The molecule has 3 nitrogen and oxygen atoms in total. The van der Waals surface area contributed by atoms with Crippen LogP contribution in [0.3, 0.4) is 0 Å². The molecule has 0 aliphatic heterocycles. The number of aliphatic imine (C=N–C) groups is 1. The average Bonchev–Trinajstić information content (AvgIpc) is 2.00. The molecule has 0 aliphatic carbocycles. The molecule has 1 unspecified atom stereocenters. The first kappa shape index (κ1) is 13.3. The molecule has 0 radical (unpaired) electrons. The van der Waals surface area contributed by atoms with Crippen LogP contribution < -0.4 is 5.73 Å². The number of hydrogen-bond donors (Lipinski definition) is 1. The van der Waals surface area contributed by atoms with Crippen LogP contribution in [-0.4, -0.2) is 29.5 Å². The van der Waals surface area contributed by atoms with E-state index in [1.54, 1.807) is 0 Å². The molecule has 2 N–H and O–H groups in total. The Morgan fingerprint density at radius 2 is 1.93 bits per heavy atom. The van der Waals surface area contributed by atoms with Gasteiger partial charge in [-0.05, 0) is 34.1 Å². The van der Waals surface area contributed by atoms with Crippen LogP contribution in [0.1, 0.15) is 47.5 Å². The summed E-state index contributed by atoms with van der Waals surface area (Å²) in [6, 6.07) is 0.464. The smallest absolute Gasteiger partial charge is 0.191 e. The molecule has 0 bridgehead atoms. The van der Waals surface area contributed by atoms with Crippen molar-refractivity contribution in [1.29, 1.82) is 0 Å². The van der Waals surface area contributed by atoms with Crippen molar-refractivity contribution < 1.29 is 0 Å². The molecule has 0 fully saturated rings. The van der Waals surface area contributed by atoms with E-state index in [1.165, 1.54) is 6.42 Å². The Balaban J connectivity index is 4.38. The number of guanidine groups is 1. The van der Waals surface area contributed by atoms with E-state index < -0.39 is 0 Å². The van der Waals surface area contributed by atoms with Gasteiger partial charge >= 0.3 is 0 Å². The van der Waals surface area contributed by atoms with E-state index in [0.29, 0.717) is 12.0 Å². The molecule has 0 amide bonds. The molecule has 0 rings (SSSR count). The zero-order chi connectivity index (χ0) is 11.4. The van der Waals surface area contributed by atoms with Gasteiger partial charge in [-0.2, -0.15) is 0 Å². The minimum atomic E-state index is -0.0930. The summed E-state index contributed by atoms with van der Waals surface area (Å²) in [5, 5.41) is 0. The van der Waals surface area contributed by atoms with Gasteiger partial charge in [-0.15, -0.1) is 0 Å². The van der Waals surface area contributed by atoms with Crippen molar-refractivity contribution in [2.75, 3.05) is 7.05 Å². The summed E-state index contributed by atoms with van der Waals surface area (Å²) >= 11 is 0. The van der Waals surface area contributed by atoms with Gasteiger partial charge in [0.2, 0.25) is 0 Å². The first-order chi connectivity index (χ1) is 6.28. The number of hydrogen-bond acceptors (Lipinski definition) is 1. The van der Waals surface area contributed by atoms with E-state index in [2.05, 4.69) is 44.5 Å². The highest BCUT2D eigenvalue weighted by atomic mass is 15.3. The fraction of sp³-hybridized carbons (Fsp3) is 0.909. The highest BCUT2D eigenvalue weighted by Gasteiger charge is 2.14. The second-order valence-corrected chi connectivity index (χ2v) is 4.89. The lowest BCUT2D eigenvalue weighted by Gasteiger charge is -2.27. The maximum atomic E-state index is 5.91. The van der Waals surface area contributed by atoms with Crippen LogP contribution in [0.25, 0.3) is 0 Å². The lowest BCUT2D eigenvalue weighted by Crippen LogP contribution is -2.41. The minimum absolute atomic E-state index is 0.0930. The van der Waals surface area contributed by atoms with Crippen molar-refractivity contribution in [2.24, 2.45) is 10.7 Å². The van der Waals surface area contributed by atoms with E-state index in [1.807, 2.05) is 7.05 Å².